The third kappa shape index (κ3) is 4.17. The van der Waals surface area contributed by atoms with E-state index in [0.717, 1.165) is 37.7 Å². The Morgan fingerprint density at radius 3 is 2.33 bits per heavy atom. The molecule has 0 spiro atoms. The first kappa shape index (κ1) is 17.8. The Morgan fingerprint density at radius 2 is 1.71 bits per heavy atom. The van der Waals surface area contributed by atoms with E-state index in [9.17, 15) is 9.00 Å². The lowest BCUT2D eigenvalue weighted by Gasteiger charge is -2.37. The first-order valence-electron chi connectivity index (χ1n) is 9.71. The molecule has 2 saturated heterocycles. The van der Waals surface area contributed by atoms with Gasteiger partial charge in [0, 0.05) is 32.8 Å². The van der Waals surface area contributed by atoms with Crippen LogP contribution < -0.4 is 0 Å². The monoisotopic (exact) mass is 346 g/mol. The maximum Gasteiger partial charge on any atom is 0.166 e. The zero-order valence-corrected chi connectivity index (χ0v) is 15.7. The van der Waals surface area contributed by atoms with Gasteiger partial charge in [-0.25, -0.2) is 0 Å². The SMILES string of the molecule is CCCCCCc1ccc(C(=O)C2CC3CCCC(C2)S3=O)cc1. The fourth-order valence-corrected chi connectivity index (χ4v) is 6.46. The zero-order valence-electron chi connectivity index (χ0n) is 14.8. The number of ketones is 1. The molecule has 3 heteroatoms. The average molecular weight is 347 g/mol. The van der Waals surface area contributed by atoms with Crippen molar-refractivity contribution in [2.45, 2.75) is 81.6 Å². The van der Waals surface area contributed by atoms with Gasteiger partial charge in [0.25, 0.3) is 0 Å². The van der Waals surface area contributed by atoms with Crippen molar-refractivity contribution in [2.75, 3.05) is 0 Å². The van der Waals surface area contributed by atoms with Gasteiger partial charge in [0.15, 0.2) is 5.78 Å². The Hall–Kier alpha value is -0.960. The van der Waals surface area contributed by atoms with Crippen LogP contribution in [-0.2, 0) is 17.2 Å². The summed E-state index contributed by atoms with van der Waals surface area (Å²) in [5, 5.41) is 0.536. The van der Waals surface area contributed by atoms with E-state index < -0.39 is 10.8 Å². The minimum Gasteiger partial charge on any atom is -0.294 e. The summed E-state index contributed by atoms with van der Waals surface area (Å²) < 4.78 is 12.3. The second-order valence-electron chi connectivity index (χ2n) is 7.54. The molecule has 2 heterocycles. The summed E-state index contributed by atoms with van der Waals surface area (Å²) in [6.45, 7) is 2.23. The second-order valence-corrected chi connectivity index (χ2v) is 9.53. The van der Waals surface area contributed by atoms with Crippen LogP contribution >= 0.6 is 0 Å². The molecule has 2 atom stereocenters. The molecule has 1 aromatic carbocycles. The van der Waals surface area contributed by atoms with E-state index in [1.54, 1.807) is 0 Å². The van der Waals surface area contributed by atoms with E-state index in [4.69, 9.17) is 0 Å². The number of Topliss-reactive ketones (excluding diaryl/α,β-unsaturated/α-hetero) is 1. The minimum absolute atomic E-state index is 0.0911. The van der Waals surface area contributed by atoms with Crippen LogP contribution in [0.5, 0.6) is 0 Å². The highest BCUT2D eigenvalue weighted by Gasteiger charge is 2.40. The smallest absolute Gasteiger partial charge is 0.166 e. The highest BCUT2D eigenvalue weighted by Crippen LogP contribution is 2.38. The summed E-state index contributed by atoms with van der Waals surface area (Å²) in [6.07, 6.45) is 11.2. The standard InChI is InChI=1S/C21H30O2S/c1-2-3-4-5-7-16-10-12-17(13-11-16)21(22)18-14-19-8-6-9-20(15-18)24(19)23/h10-13,18-20H,2-9,14-15H2,1H3. The molecular weight excluding hydrogens is 316 g/mol. The first-order chi connectivity index (χ1) is 11.7. The molecule has 0 aromatic heterocycles. The van der Waals surface area contributed by atoms with Gasteiger partial charge in [-0.1, -0.05) is 56.9 Å². The number of rotatable bonds is 7. The molecule has 2 aliphatic rings. The molecule has 2 unspecified atom stereocenters. The molecule has 24 heavy (non-hydrogen) atoms. The predicted octanol–water partition coefficient (Wildman–Crippen LogP) is 5.07. The summed E-state index contributed by atoms with van der Waals surface area (Å²) >= 11 is 0. The molecular formula is C21H30O2S. The summed E-state index contributed by atoms with van der Waals surface area (Å²) in [4.78, 5) is 12.8. The lowest BCUT2D eigenvalue weighted by molar-refractivity contribution is 0.0895. The maximum absolute atomic E-state index is 12.8. The van der Waals surface area contributed by atoms with Crippen molar-refractivity contribution >= 4 is 16.6 Å². The lowest BCUT2D eigenvalue weighted by atomic mass is 9.84. The molecule has 1 aromatic rings. The van der Waals surface area contributed by atoms with Crippen LogP contribution in [0.15, 0.2) is 24.3 Å². The van der Waals surface area contributed by atoms with E-state index >= 15 is 0 Å². The van der Waals surface area contributed by atoms with Crippen LogP contribution in [-0.4, -0.2) is 20.5 Å². The number of unbranched alkanes of at least 4 members (excludes halogenated alkanes) is 3. The fourth-order valence-electron chi connectivity index (χ4n) is 4.28. The van der Waals surface area contributed by atoms with Crippen molar-refractivity contribution in [1.29, 1.82) is 0 Å². The van der Waals surface area contributed by atoms with Crippen molar-refractivity contribution in [3.8, 4) is 0 Å². The maximum atomic E-state index is 12.8. The molecule has 2 fully saturated rings. The van der Waals surface area contributed by atoms with Gasteiger partial charge in [0.2, 0.25) is 0 Å². The summed E-state index contributed by atoms with van der Waals surface area (Å²) in [5.74, 6) is 0.370. The Morgan fingerprint density at radius 1 is 1.04 bits per heavy atom. The molecule has 0 saturated carbocycles. The van der Waals surface area contributed by atoms with Crippen molar-refractivity contribution in [2.24, 2.45) is 5.92 Å². The van der Waals surface area contributed by atoms with Crippen molar-refractivity contribution in [3.05, 3.63) is 35.4 Å². The van der Waals surface area contributed by atoms with Crippen LogP contribution in [0.1, 0.15) is 80.6 Å². The molecule has 0 amide bonds. The van der Waals surface area contributed by atoms with Gasteiger partial charge < -0.3 is 0 Å². The minimum atomic E-state index is -0.691. The van der Waals surface area contributed by atoms with Crippen molar-refractivity contribution in [3.63, 3.8) is 0 Å². The average Bonchev–Trinajstić information content (AvgIpc) is 2.58. The quantitative estimate of drug-likeness (QED) is 0.510. The molecule has 2 aliphatic heterocycles. The van der Waals surface area contributed by atoms with E-state index in [0.29, 0.717) is 0 Å². The molecule has 0 N–H and O–H groups in total. The van der Waals surface area contributed by atoms with E-state index in [1.165, 1.54) is 37.7 Å². The third-order valence-corrected chi connectivity index (χ3v) is 7.90. The summed E-state index contributed by atoms with van der Waals surface area (Å²) in [7, 11) is -0.691. The topological polar surface area (TPSA) is 34.1 Å². The van der Waals surface area contributed by atoms with Gasteiger partial charge in [0.1, 0.15) is 0 Å². The van der Waals surface area contributed by atoms with Crippen molar-refractivity contribution in [1.82, 2.24) is 0 Å². The largest absolute Gasteiger partial charge is 0.294 e. The van der Waals surface area contributed by atoms with Crippen LogP contribution in [0, 0.1) is 5.92 Å². The van der Waals surface area contributed by atoms with Gasteiger partial charge in [0.05, 0.1) is 0 Å². The van der Waals surface area contributed by atoms with E-state index in [2.05, 4.69) is 19.1 Å². The number of hydrogen-bond donors (Lipinski definition) is 0. The highest BCUT2D eigenvalue weighted by molar-refractivity contribution is 7.86. The number of carbonyl (C=O) groups excluding carboxylic acids is 1. The van der Waals surface area contributed by atoms with Gasteiger partial charge in [-0.2, -0.15) is 0 Å². The lowest BCUT2D eigenvalue weighted by Crippen LogP contribution is -2.41. The van der Waals surface area contributed by atoms with E-state index in [1.807, 2.05) is 12.1 Å². The van der Waals surface area contributed by atoms with E-state index in [-0.39, 0.29) is 22.2 Å². The number of hydrogen-bond acceptors (Lipinski definition) is 2. The Bertz CT molecular complexity index is 562. The van der Waals surface area contributed by atoms with Gasteiger partial charge >= 0.3 is 0 Å². The molecule has 2 bridgehead atoms. The Balaban J connectivity index is 1.58. The summed E-state index contributed by atoms with van der Waals surface area (Å²) in [6, 6.07) is 8.28. The molecule has 0 radical (unpaired) electrons. The molecule has 132 valence electrons. The van der Waals surface area contributed by atoms with Gasteiger partial charge in [-0.3, -0.25) is 9.00 Å². The second kappa shape index (κ2) is 8.42. The number of benzene rings is 1. The Labute approximate surface area is 148 Å². The van der Waals surface area contributed by atoms with Crippen LogP contribution in [0.2, 0.25) is 0 Å². The van der Waals surface area contributed by atoms with Crippen LogP contribution in [0.3, 0.4) is 0 Å². The number of carbonyl (C=O) groups is 1. The zero-order chi connectivity index (χ0) is 16.9. The molecule has 0 aliphatic carbocycles. The third-order valence-electron chi connectivity index (χ3n) is 5.73. The molecule has 3 rings (SSSR count). The Kier molecular flexibility index (Phi) is 6.26. The first-order valence-corrected chi connectivity index (χ1v) is 11.0. The summed E-state index contributed by atoms with van der Waals surface area (Å²) in [5.41, 5.74) is 2.19. The normalized spacial score (nSPS) is 29.4. The highest BCUT2D eigenvalue weighted by atomic mass is 32.2. The molecule has 2 nitrogen and oxygen atoms in total. The van der Waals surface area contributed by atoms with Gasteiger partial charge in [-0.15, -0.1) is 0 Å². The van der Waals surface area contributed by atoms with Gasteiger partial charge in [-0.05, 0) is 44.1 Å². The van der Waals surface area contributed by atoms with Crippen LogP contribution in [0.25, 0.3) is 0 Å². The van der Waals surface area contributed by atoms with Crippen molar-refractivity contribution < 1.29 is 9.00 Å². The number of fused-ring (bicyclic) bond motifs is 2. The predicted molar refractivity (Wildman–Crippen MR) is 101 cm³/mol. The van der Waals surface area contributed by atoms with Crippen LogP contribution in [0.4, 0.5) is 0 Å². The fraction of sp³-hybridized carbons (Fsp3) is 0.667. The number of aryl methyl sites for hydroxylation is 1.